The number of hydrogen-bond acceptors (Lipinski definition) is 5. The summed E-state index contributed by atoms with van der Waals surface area (Å²) in [6.45, 7) is 3.55. The number of methoxy groups -OCH3 is 1. The Bertz CT molecular complexity index is 912. The number of piperidine rings is 1. The van der Waals surface area contributed by atoms with E-state index < -0.39 is 0 Å². The largest absolute Gasteiger partial charge is 0.497 e. The molecule has 29 heavy (non-hydrogen) atoms. The van der Waals surface area contributed by atoms with Gasteiger partial charge in [-0.1, -0.05) is 13.3 Å². The van der Waals surface area contributed by atoms with E-state index in [4.69, 9.17) is 4.74 Å². The number of likely N-dealkylation sites (tertiary alicyclic amines) is 1. The van der Waals surface area contributed by atoms with Crippen LogP contribution in [0.1, 0.15) is 53.5 Å². The molecule has 0 saturated carbocycles. The van der Waals surface area contributed by atoms with Gasteiger partial charge >= 0.3 is 0 Å². The molecule has 7 nitrogen and oxygen atoms in total. The Hall–Kier alpha value is -2.96. The Morgan fingerprint density at radius 2 is 1.79 bits per heavy atom. The fourth-order valence-electron chi connectivity index (χ4n) is 3.53. The molecule has 2 aromatic rings. The van der Waals surface area contributed by atoms with Crippen molar-refractivity contribution in [1.82, 2.24) is 14.7 Å². The normalized spacial score (nSPS) is 14.6. The van der Waals surface area contributed by atoms with Crippen molar-refractivity contribution in [2.75, 3.05) is 20.2 Å². The minimum absolute atomic E-state index is 0.0982. The molecule has 1 aromatic heterocycles. The summed E-state index contributed by atoms with van der Waals surface area (Å²) in [4.78, 5) is 39.2. The molecule has 1 aliphatic rings. The molecule has 0 spiro atoms. The predicted octanol–water partition coefficient (Wildman–Crippen LogP) is 2.79. The zero-order valence-corrected chi connectivity index (χ0v) is 17.0. The van der Waals surface area contributed by atoms with Crippen LogP contribution in [0.3, 0.4) is 0 Å². The molecule has 1 fully saturated rings. The maximum atomic E-state index is 12.8. The predicted molar refractivity (Wildman–Crippen MR) is 109 cm³/mol. The summed E-state index contributed by atoms with van der Waals surface area (Å²) in [6.07, 6.45) is 3.02. The molecule has 3 rings (SSSR count). The number of benzene rings is 1. The van der Waals surface area contributed by atoms with Gasteiger partial charge in [0.15, 0.2) is 5.78 Å². The highest BCUT2D eigenvalue weighted by molar-refractivity contribution is 5.98. The summed E-state index contributed by atoms with van der Waals surface area (Å²) >= 11 is 0. The molecule has 0 atom stereocenters. The van der Waals surface area contributed by atoms with Crippen LogP contribution in [0.15, 0.2) is 41.2 Å². The van der Waals surface area contributed by atoms with Crippen LogP contribution in [0.5, 0.6) is 5.75 Å². The average molecular weight is 397 g/mol. The zero-order valence-electron chi connectivity index (χ0n) is 17.0. The van der Waals surface area contributed by atoms with Gasteiger partial charge in [0.25, 0.3) is 11.5 Å². The second-order valence-corrected chi connectivity index (χ2v) is 7.29. The van der Waals surface area contributed by atoms with E-state index in [-0.39, 0.29) is 28.9 Å². The quantitative estimate of drug-likeness (QED) is 0.671. The van der Waals surface area contributed by atoms with E-state index in [1.165, 1.54) is 16.8 Å². The Morgan fingerprint density at radius 1 is 1.10 bits per heavy atom. The fourth-order valence-corrected chi connectivity index (χ4v) is 3.53. The minimum Gasteiger partial charge on any atom is -0.497 e. The summed E-state index contributed by atoms with van der Waals surface area (Å²) in [5.41, 5.74) is 0.750. The summed E-state index contributed by atoms with van der Waals surface area (Å²) in [5, 5.41) is 4.24. The smallest absolute Gasteiger partial charge is 0.274 e. The first-order chi connectivity index (χ1) is 14.0. The molecule has 1 amide bonds. The Labute approximate surface area is 170 Å². The van der Waals surface area contributed by atoms with Gasteiger partial charge in [-0.25, -0.2) is 4.68 Å². The first-order valence-electron chi connectivity index (χ1n) is 10.1. The van der Waals surface area contributed by atoms with Gasteiger partial charge in [-0.05, 0) is 49.6 Å². The lowest BCUT2D eigenvalue weighted by molar-refractivity contribution is 0.0643. The highest BCUT2D eigenvalue weighted by Crippen LogP contribution is 2.23. The van der Waals surface area contributed by atoms with Crippen molar-refractivity contribution in [3.8, 4) is 5.75 Å². The number of ether oxygens (including phenoxy) is 1. The number of ketones is 1. The van der Waals surface area contributed by atoms with Gasteiger partial charge in [0.2, 0.25) is 0 Å². The molecule has 1 aliphatic heterocycles. The number of unbranched alkanes of at least 4 members (excludes halogenated alkanes) is 1. The monoisotopic (exact) mass is 397 g/mol. The number of aryl methyl sites for hydroxylation is 1. The van der Waals surface area contributed by atoms with E-state index in [0.717, 1.165) is 18.6 Å². The third-order valence-electron chi connectivity index (χ3n) is 5.34. The molecule has 0 N–H and O–H groups in total. The Balaban J connectivity index is 1.62. The molecule has 154 valence electrons. The van der Waals surface area contributed by atoms with Crippen molar-refractivity contribution in [2.45, 2.75) is 39.2 Å². The Morgan fingerprint density at radius 3 is 2.41 bits per heavy atom. The SMILES string of the molecule is CCCCn1nc(C(=O)N2CCC(C(=O)c3ccc(OC)cc3)CC2)ccc1=O. The van der Waals surface area contributed by atoms with Crippen LogP contribution in [-0.4, -0.2) is 46.6 Å². The molecule has 7 heteroatoms. The van der Waals surface area contributed by atoms with Gasteiger partial charge in [0.1, 0.15) is 11.4 Å². The molecular formula is C22H27N3O4. The van der Waals surface area contributed by atoms with Crippen LogP contribution in [0.25, 0.3) is 0 Å². The minimum atomic E-state index is -0.196. The third kappa shape index (κ3) is 4.91. The summed E-state index contributed by atoms with van der Waals surface area (Å²) in [7, 11) is 1.59. The van der Waals surface area contributed by atoms with E-state index in [1.54, 1.807) is 36.3 Å². The lowest BCUT2D eigenvalue weighted by Crippen LogP contribution is -2.41. The Kier molecular flexibility index (Phi) is 6.80. The van der Waals surface area contributed by atoms with Crippen molar-refractivity contribution in [3.05, 3.63) is 58.0 Å². The molecule has 0 bridgehead atoms. The zero-order chi connectivity index (χ0) is 20.8. The van der Waals surface area contributed by atoms with Crippen LogP contribution in [0, 0.1) is 5.92 Å². The van der Waals surface area contributed by atoms with Gasteiger partial charge in [-0.2, -0.15) is 5.10 Å². The first kappa shape index (κ1) is 20.8. The standard InChI is InChI=1S/C22H27N3O4/c1-3-4-13-25-20(26)10-9-19(23-25)22(28)24-14-11-17(12-15-24)21(27)16-5-7-18(29-2)8-6-16/h5-10,17H,3-4,11-15H2,1-2H3. The fraction of sp³-hybridized carbons (Fsp3) is 0.455. The molecule has 1 saturated heterocycles. The molecule has 2 heterocycles. The number of rotatable bonds is 7. The number of Topliss-reactive ketones (excluding diaryl/α,β-unsaturated/α-hetero) is 1. The van der Waals surface area contributed by atoms with Crippen molar-refractivity contribution in [2.24, 2.45) is 5.92 Å². The number of amides is 1. The highest BCUT2D eigenvalue weighted by atomic mass is 16.5. The van der Waals surface area contributed by atoms with Gasteiger partial charge in [-0.3, -0.25) is 14.4 Å². The van der Waals surface area contributed by atoms with Crippen molar-refractivity contribution < 1.29 is 14.3 Å². The topological polar surface area (TPSA) is 81.5 Å². The summed E-state index contributed by atoms with van der Waals surface area (Å²) in [5.74, 6) is 0.533. The third-order valence-corrected chi connectivity index (χ3v) is 5.34. The molecular weight excluding hydrogens is 370 g/mol. The van der Waals surface area contributed by atoms with E-state index in [9.17, 15) is 14.4 Å². The van der Waals surface area contributed by atoms with Gasteiger partial charge in [0, 0.05) is 37.2 Å². The van der Waals surface area contributed by atoms with Crippen LogP contribution in [0.4, 0.5) is 0 Å². The molecule has 0 aliphatic carbocycles. The summed E-state index contributed by atoms with van der Waals surface area (Å²) < 4.78 is 6.49. The highest BCUT2D eigenvalue weighted by Gasteiger charge is 2.29. The lowest BCUT2D eigenvalue weighted by Gasteiger charge is -2.31. The molecule has 0 radical (unpaired) electrons. The lowest BCUT2D eigenvalue weighted by atomic mass is 9.89. The maximum Gasteiger partial charge on any atom is 0.274 e. The van der Waals surface area contributed by atoms with Crippen LogP contribution in [0.2, 0.25) is 0 Å². The maximum absolute atomic E-state index is 12.8. The average Bonchev–Trinajstić information content (AvgIpc) is 2.77. The first-order valence-corrected chi connectivity index (χ1v) is 10.1. The number of carbonyl (C=O) groups is 2. The van der Waals surface area contributed by atoms with Crippen LogP contribution in [-0.2, 0) is 6.54 Å². The number of nitrogens with zero attached hydrogens (tertiary/aromatic N) is 3. The summed E-state index contributed by atoms with van der Waals surface area (Å²) in [6, 6.07) is 10.0. The second-order valence-electron chi connectivity index (χ2n) is 7.29. The van der Waals surface area contributed by atoms with Gasteiger partial charge in [0.05, 0.1) is 7.11 Å². The van der Waals surface area contributed by atoms with Gasteiger partial charge in [-0.15, -0.1) is 0 Å². The number of aromatic nitrogens is 2. The van der Waals surface area contributed by atoms with Crippen LogP contribution >= 0.6 is 0 Å². The van der Waals surface area contributed by atoms with Gasteiger partial charge < -0.3 is 9.64 Å². The second kappa shape index (κ2) is 9.49. The van der Waals surface area contributed by atoms with Crippen LogP contribution < -0.4 is 10.3 Å². The van der Waals surface area contributed by atoms with Crippen molar-refractivity contribution in [3.63, 3.8) is 0 Å². The van der Waals surface area contributed by atoms with E-state index in [1.807, 2.05) is 6.92 Å². The number of hydrogen-bond donors (Lipinski definition) is 0. The molecule has 0 unspecified atom stereocenters. The van der Waals surface area contributed by atoms with E-state index in [0.29, 0.717) is 38.0 Å². The number of carbonyl (C=O) groups excluding carboxylic acids is 2. The van der Waals surface area contributed by atoms with Crippen molar-refractivity contribution in [1.29, 1.82) is 0 Å². The van der Waals surface area contributed by atoms with E-state index in [2.05, 4.69) is 5.10 Å². The van der Waals surface area contributed by atoms with Crippen molar-refractivity contribution >= 4 is 11.7 Å². The molecule has 1 aromatic carbocycles. The van der Waals surface area contributed by atoms with E-state index >= 15 is 0 Å².